The monoisotopic (exact) mass is 396 g/mol. The molecule has 1 heterocycles. The highest BCUT2D eigenvalue weighted by Crippen LogP contribution is 2.51. The Morgan fingerprint density at radius 2 is 1.64 bits per heavy atom. The lowest BCUT2D eigenvalue weighted by molar-refractivity contribution is -0.164. The fourth-order valence-corrected chi connectivity index (χ4v) is 5.72. The van der Waals surface area contributed by atoms with E-state index in [0.29, 0.717) is 6.42 Å². The molecule has 4 nitrogen and oxygen atoms in total. The fraction of sp³-hybridized carbons (Fsp3) is 0.348. The first-order valence-corrected chi connectivity index (χ1v) is 13.1. The molecular formula is C23H28O4Si. The maximum atomic E-state index is 13.4. The van der Waals surface area contributed by atoms with E-state index in [0.717, 1.165) is 11.1 Å². The third-order valence-corrected chi connectivity index (χ3v) is 7.88. The molecule has 28 heavy (non-hydrogen) atoms. The van der Waals surface area contributed by atoms with Crippen LogP contribution in [0.2, 0.25) is 19.6 Å². The van der Waals surface area contributed by atoms with Crippen molar-refractivity contribution >= 4 is 14.0 Å². The summed E-state index contributed by atoms with van der Waals surface area (Å²) in [5, 5.41) is -1.14. The smallest absolute Gasteiger partial charge is 0.337 e. The first kappa shape index (κ1) is 20.5. The van der Waals surface area contributed by atoms with E-state index in [1.54, 1.807) is 6.08 Å². The number of ether oxygens (including phenoxy) is 3. The molecule has 0 saturated carbocycles. The van der Waals surface area contributed by atoms with Gasteiger partial charge in [0.2, 0.25) is 0 Å². The van der Waals surface area contributed by atoms with E-state index < -0.39 is 25.7 Å². The minimum absolute atomic E-state index is 0.287. The van der Waals surface area contributed by atoms with Crippen LogP contribution in [0, 0.1) is 0 Å². The first-order valence-electron chi connectivity index (χ1n) is 9.61. The molecule has 3 atom stereocenters. The van der Waals surface area contributed by atoms with E-state index >= 15 is 0 Å². The Morgan fingerprint density at radius 3 is 2.18 bits per heavy atom. The van der Waals surface area contributed by atoms with Crippen LogP contribution >= 0.6 is 0 Å². The molecule has 1 aliphatic rings. The number of carbonyl (C=O) groups is 1. The second-order valence-electron chi connectivity index (χ2n) is 7.99. The summed E-state index contributed by atoms with van der Waals surface area (Å²) in [6.45, 7) is 10.3. The zero-order valence-electron chi connectivity index (χ0n) is 16.8. The van der Waals surface area contributed by atoms with Crippen LogP contribution in [0.5, 0.6) is 0 Å². The van der Waals surface area contributed by atoms with Crippen molar-refractivity contribution < 1.29 is 19.0 Å². The Morgan fingerprint density at radius 1 is 1.07 bits per heavy atom. The minimum atomic E-state index is -2.27. The maximum absolute atomic E-state index is 13.4. The molecule has 0 radical (unpaired) electrons. The molecule has 3 rings (SSSR count). The molecule has 2 aromatic carbocycles. The summed E-state index contributed by atoms with van der Waals surface area (Å²) in [6, 6.07) is 19.5. The van der Waals surface area contributed by atoms with Gasteiger partial charge in [-0.05, 0) is 12.0 Å². The molecule has 1 fully saturated rings. The third-order valence-electron chi connectivity index (χ3n) is 5.07. The Labute approximate surface area is 168 Å². The van der Waals surface area contributed by atoms with Gasteiger partial charge in [-0.2, -0.15) is 0 Å². The van der Waals surface area contributed by atoms with Crippen molar-refractivity contribution in [2.24, 2.45) is 0 Å². The van der Waals surface area contributed by atoms with Gasteiger partial charge in [-0.1, -0.05) is 86.4 Å². The molecule has 0 unspecified atom stereocenters. The molecule has 0 N–H and O–H groups in total. The van der Waals surface area contributed by atoms with Crippen molar-refractivity contribution in [3.05, 3.63) is 84.4 Å². The van der Waals surface area contributed by atoms with Gasteiger partial charge < -0.3 is 14.2 Å². The summed E-state index contributed by atoms with van der Waals surface area (Å²) in [6.07, 6.45) is 1.20. The molecule has 0 spiro atoms. The Kier molecular flexibility index (Phi) is 6.18. The standard InChI is InChI=1S/C23H28O4Si/c1-5-6-17-25-22(24)23(28(2,3)4)20(18-13-9-7-10-14-18)26-21(27-23)19-15-11-8-12-16-19/h5,7-16,20-21H,1,6,17H2,2-4H3/t20-,21+,23+/m1/s1. The molecule has 0 bridgehead atoms. The van der Waals surface area contributed by atoms with E-state index in [1.165, 1.54) is 0 Å². The zero-order valence-corrected chi connectivity index (χ0v) is 17.8. The fourth-order valence-electron chi connectivity index (χ4n) is 3.55. The summed E-state index contributed by atoms with van der Waals surface area (Å²) >= 11 is 0. The summed E-state index contributed by atoms with van der Waals surface area (Å²) < 4.78 is 18.5. The van der Waals surface area contributed by atoms with E-state index in [4.69, 9.17) is 14.2 Å². The molecule has 148 valence electrons. The van der Waals surface area contributed by atoms with Crippen molar-refractivity contribution in [2.75, 3.05) is 6.61 Å². The largest absolute Gasteiger partial charge is 0.463 e. The molecule has 1 saturated heterocycles. The molecule has 5 heteroatoms. The molecular weight excluding hydrogens is 368 g/mol. The van der Waals surface area contributed by atoms with Crippen LogP contribution < -0.4 is 0 Å². The predicted molar refractivity (Wildman–Crippen MR) is 112 cm³/mol. The van der Waals surface area contributed by atoms with Crippen LogP contribution in [-0.4, -0.2) is 25.9 Å². The van der Waals surface area contributed by atoms with Crippen LogP contribution in [0.15, 0.2) is 73.3 Å². The molecule has 1 aliphatic heterocycles. The SMILES string of the molecule is C=CCCOC(=O)[C@]1([Si](C)(C)C)O[C@@H](c2ccccc2)O[C@@H]1c1ccccc1. The second-order valence-corrected chi connectivity index (χ2v) is 13.2. The van der Waals surface area contributed by atoms with Crippen molar-refractivity contribution in [1.29, 1.82) is 0 Å². The Balaban J connectivity index is 2.06. The first-order chi connectivity index (χ1) is 13.4. The normalized spacial score (nSPS) is 24.7. The number of rotatable bonds is 7. The van der Waals surface area contributed by atoms with Gasteiger partial charge in [-0.15, -0.1) is 6.58 Å². The quantitative estimate of drug-likeness (QED) is 0.279. The molecule has 2 aromatic rings. The topological polar surface area (TPSA) is 44.8 Å². The summed E-state index contributed by atoms with van der Waals surface area (Å²) in [5.41, 5.74) is 1.81. The van der Waals surface area contributed by atoms with Crippen LogP contribution in [0.4, 0.5) is 0 Å². The highest BCUT2D eigenvalue weighted by Gasteiger charge is 2.64. The summed E-state index contributed by atoms with van der Waals surface area (Å²) in [5.74, 6) is -0.346. The lowest BCUT2D eigenvalue weighted by Gasteiger charge is -2.40. The second kappa shape index (κ2) is 8.43. The number of benzene rings is 2. The molecule has 0 aliphatic carbocycles. The van der Waals surface area contributed by atoms with Gasteiger partial charge in [-0.3, -0.25) is 0 Å². The Bertz CT molecular complexity index is 800. The number of hydrogen-bond donors (Lipinski definition) is 0. The van der Waals surface area contributed by atoms with Crippen molar-refractivity contribution in [3.63, 3.8) is 0 Å². The molecule has 0 amide bonds. The van der Waals surface area contributed by atoms with Crippen LogP contribution in [0.1, 0.15) is 29.9 Å². The minimum Gasteiger partial charge on any atom is -0.463 e. The third kappa shape index (κ3) is 3.83. The van der Waals surface area contributed by atoms with Gasteiger partial charge in [0.15, 0.2) is 11.5 Å². The average molecular weight is 397 g/mol. The van der Waals surface area contributed by atoms with Gasteiger partial charge in [0.05, 0.1) is 6.61 Å². The van der Waals surface area contributed by atoms with Crippen molar-refractivity contribution in [1.82, 2.24) is 0 Å². The van der Waals surface area contributed by atoms with Crippen LogP contribution in [0.3, 0.4) is 0 Å². The van der Waals surface area contributed by atoms with E-state index in [-0.39, 0.29) is 12.6 Å². The van der Waals surface area contributed by atoms with E-state index in [9.17, 15) is 4.79 Å². The predicted octanol–water partition coefficient (Wildman–Crippen LogP) is 5.21. The highest BCUT2D eigenvalue weighted by atomic mass is 28.3. The van der Waals surface area contributed by atoms with Crippen molar-refractivity contribution in [3.8, 4) is 0 Å². The van der Waals surface area contributed by atoms with E-state index in [2.05, 4.69) is 26.2 Å². The lowest BCUT2D eigenvalue weighted by Crippen LogP contribution is -2.61. The van der Waals surface area contributed by atoms with Gasteiger partial charge in [0.25, 0.3) is 0 Å². The van der Waals surface area contributed by atoms with Crippen molar-refractivity contribution in [2.45, 2.75) is 43.7 Å². The highest BCUT2D eigenvalue weighted by molar-refractivity contribution is 6.82. The summed E-state index contributed by atoms with van der Waals surface area (Å²) in [7, 11) is -2.27. The van der Waals surface area contributed by atoms with Crippen LogP contribution in [0.25, 0.3) is 0 Å². The maximum Gasteiger partial charge on any atom is 0.337 e. The van der Waals surface area contributed by atoms with Crippen LogP contribution in [-0.2, 0) is 19.0 Å². The average Bonchev–Trinajstić information content (AvgIpc) is 3.12. The number of carbonyl (C=O) groups excluding carboxylic acids is 1. The lowest BCUT2D eigenvalue weighted by atomic mass is 10.0. The van der Waals surface area contributed by atoms with Gasteiger partial charge >= 0.3 is 5.97 Å². The number of hydrogen-bond acceptors (Lipinski definition) is 4. The molecule has 0 aromatic heterocycles. The number of esters is 1. The zero-order chi connectivity index (χ0) is 20.2. The van der Waals surface area contributed by atoms with Gasteiger partial charge in [0, 0.05) is 5.56 Å². The van der Waals surface area contributed by atoms with Gasteiger partial charge in [0.1, 0.15) is 14.2 Å². The van der Waals surface area contributed by atoms with E-state index in [1.807, 2.05) is 60.7 Å². The van der Waals surface area contributed by atoms with Gasteiger partial charge in [-0.25, -0.2) is 4.79 Å². The summed E-state index contributed by atoms with van der Waals surface area (Å²) in [4.78, 5) is 13.4. The Hall–Kier alpha value is -2.21.